The molecule has 1 saturated carbocycles. The maximum atomic E-state index is 12.6. The average molecular weight is 367 g/mol. The van der Waals surface area contributed by atoms with Gasteiger partial charge in [0, 0.05) is 16.6 Å². The zero-order chi connectivity index (χ0) is 17.9. The Labute approximate surface area is 156 Å². The zero-order valence-electron chi connectivity index (χ0n) is 14.6. The van der Waals surface area contributed by atoms with Crippen LogP contribution >= 0.6 is 11.3 Å². The topological polar surface area (TPSA) is 71.8 Å². The van der Waals surface area contributed by atoms with Crippen LogP contribution in [0.25, 0.3) is 0 Å². The van der Waals surface area contributed by atoms with Crippen molar-refractivity contribution < 1.29 is 4.79 Å². The molecule has 7 heteroatoms. The molecule has 0 aromatic carbocycles. The minimum atomic E-state index is -0.224. The van der Waals surface area contributed by atoms with E-state index in [1.807, 2.05) is 42.6 Å². The van der Waals surface area contributed by atoms with E-state index in [1.54, 1.807) is 22.2 Å². The number of hydrogen-bond donors (Lipinski definition) is 2. The number of nitrogens with one attached hydrogen (secondary N) is 2. The summed E-state index contributed by atoms with van der Waals surface area (Å²) in [6.07, 6.45) is 3.94. The first kappa shape index (κ1) is 16.8. The summed E-state index contributed by atoms with van der Waals surface area (Å²) in [5, 5.41) is 12.4. The summed E-state index contributed by atoms with van der Waals surface area (Å²) >= 11 is 1.67. The summed E-state index contributed by atoms with van der Waals surface area (Å²) in [5.74, 6) is 1.15. The second-order valence-electron chi connectivity index (χ2n) is 6.57. The van der Waals surface area contributed by atoms with Gasteiger partial charge < -0.3 is 5.32 Å². The molecule has 6 nitrogen and oxygen atoms in total. The summed E-state index contributed by atoms with van der Waals surface area (Å²) < 4.78 is 1.79. The molecule has 0 unspecified atom stereocenters. The second kappa shape index (κ2) is 7.29. The Morgan fingerprint density at radius 1 is 1.31 bits per heavy atom. The van der Waals surface area contributed by atoms with Crippen LogP contribution in [0.4, 0.5) is 10.6 Å². The van der Waals surface area contributed by atoms with Crippen LogP contribution in [0.3, 0.4) is 0 Å². The highest BCUT2D eigenvalue weighted by Crippen LogP contribution is 2.40. The van der Waals surface area contributed by atoms with Crippen LogP contribution in [0.2, 0.25) is 0 Å². The summed E-state index contributed by atoms with van der Waals surface area (Å²) in [5.41, 5.74) is 1.89. The largest absolute Gasteiger partial charge is 0.329 e. The lowest BCUT2D eigenvalue weighted by Gasteiger charge is -2.19. The monoisotopic (exact) mass is 367 g/mol. The van der Waals surface area contributed by atoms with Crippen LogP contribution in [0.1, 0.15) is 35.1 Å². The van der Waals surface area contributed by atoms with Crippen molar-refractivity contribution in [2.24, 2.45) is 5.92 Å². The highest BCUT2D eigenvalue weighted by atomic mass is 32.1. The Hall–Kier alpha value is -2.67. The van der Waals surface area contributed by atoms with Crippen LogP contribution in [0.15, 0.2) is 48.0 Å². The Bertz CT molecular complexity index is 885. The molecular weight excluding hydrogens is 346 g/mol. The lowest BCUT2D eigenvalue weighted by Crippen LogP contribution is -2.34. The smallest absolute Gasteiger partial charge is 0.320 e. The molecule has 1 aliphatic carbocycles. The predicted molar refractivity (Wildman–Crippen MR) is 102 cm³/mol. The van der Waals surface area contributed by atoms with Crippen molar-refractivity contribution in [1.82, 2.24) is 20.1 Å². The maximum Gasteiger partial charge on any atom is 0.320 e. The fraction of sp³-hybridized carbons (Fsp3) is 0.316. The summed E-state index contributed by atoms with van der Waals surface area (Å²) in [6.45, 7) is 2.61. The van der Waals surface area contributed by atoms with E-state index in [2.05, 4.69) is 26.8 Å². The summed E-state index contributed by atoms with van der Waals surface area (Å²) in [4.78, 5) is 18.4. The average Bonchev–Trinajstić information content (AvgIpc) is 3.17. The van der Waals surface area contributed by atoms with E-state index in [4.69, 9.17) is 0 Å². The fourth-order valence-corrected chi connectivity index (χ4v) is 3.69. The van der Waals surface area contributed by atoms with E-state index in [0.717, 1.165) is 24.2 Å². The maximum absolute atomic E-state index is 12.6. The van der Waals surface area contributed by atoms with Gasteiger partial charge in [0.2, 0.25) is 0 Å². The van der Waals surface area contributed by atoms with E-state index in [-0.39, 0.29) is 12.1 Å². The summed E-state index contributed by atoms with van der Waals surface area (Å²) in [7, 11) is 0. The number of thiophene rings is 1. The van der Waals surface area contributed by atoms with Gasteiger partial charge in [0.15, 0.2) is 0 Å². The molecule has 0 radical (unpaired) electrons. The second-order valence-corrected chi connectivity index (χ2v) is 7.60. The van der Waals surface area contributed by atoms with Crippen LogP contribution in [0, 0.1) is 12.8 Å². The number of urea groups is 1. The number of hydrogen-bond acceptors (Lipinski definition) is 4. The van der Waals surface area contributed by atoms with Gasteiger partial charge >= 0.3 is 6.03 Å². The minimum absolute atomic E-state index is 0.0523. The molecule has 1 aliphatic rings. The molecule has 0 aliphatic heterocycles. The van der Waals surface area contributed by atoms with Crippen LogP contribution in [-0.2, 0) is 6.54 Å². The zero-order valence-corrected chi connectivity index (χ0v) is 15.4. The first-order valence-corrected chi connectivity index (χ1v) is 9.62. The lowest BCUT2D eigenvalue weighted by atomic mass is 10.1. The molecule has 0 spiro atoms. The third kappa shape index (κ3) is 3.94. The molecule has 1 fully saturated rings. The Balaban J connectivity index is 1.44. The number of rotatable bonds is 6. The first-order valence-electron chi connectivity index (χ1n) is 8.74. The van der Waals surface area contributed by atoms with Crippen molar-refractivity contribution in [3.63, 3.8) is 0 Å². The van der Waals surface area contributed by atoms with Gasteiger partial charge in [-0.2, -0.15) is 5.10 Å². The van der Waals surface area contributed by atoms with E-state index in [9.17, 15) is 4.79 Å². The van der Waals surface area contributed by atoms with Gasteiger partial charge in [-0.25, -0.2) is 9.48 Å². The van der Waals surface area contributed by atoms with Crippen molar-refractivity contribution in [3.8, 4) is 0 Å². The molecule has 0 saturated heterocycles. The van der Waals surface area contributed by atoms with Crippen molar-refractivity contribution in [1.29, 1.82) is 0 Å². The molecule has 134 valence electrons. The van der Waals surface area contributed by atoms with Gasteiger partial charge in [-0.3, -0.25) is 10.3 Å². The third-order valence-corrected chi connectivity index (χ3v) is 5.31. The first-order chi connectivity index (χ1) is 12.7. The molecular formula is C19H21N5OS. The minimum Gasteiger partial charge on any atom is -0.329 e. The van der Waals surface area contributed by atoms with Gasteiger partial charge in [0.1, 0.15) is 5.82 Å². The van der Waals surface area contributed by atoms with Gasteiger partial charge in [-0.05, 0) is 49.3 Å². The van der Waals surface area contributed by atoms with Crippen LogP contribution < -0.4 is 10.6 Å². The molecule has 2 amide bonds. The number of aromatic nitrogens is 3. The molecule has 3 aromatic rings. The number of carbonyl (C=O) groups is 1. The van der Waals surface area contributed by atoms with Crippen molar-refractivity contribution >= 4 is 23.2 Å². The number of anilines is 1. The highest BCUT2D eigenvalue weighted by molar-refractivity contribution is 7.09. The highest BCUT2D eigenvalue weighted by Gasteiger charge is 2.34. The summed E-state index contributed by atoms with van der Waals surface area (Å²) in [6, 6.07) is 11.5. The third-order valence-electron chi connectivity index (χ3n) is 4.45. The quantitative estimate of drug-likeness (QED) is 0.692. The van der Waals surface area contributed by atoms with Gasteiger partial charge in [0.05, 0.1) is 24.5 Å². The van der Waals surface area contributed by atoms with E-state index in [0.29, 0.717) is 18.3 Å². The molecule has 26 heavy (non-hydrogen) atoms. The number of nitrogens with zero attached hydrogens (tertiary/aromatic N) is 3. The molecule has 0 bridgehead atoms. The Morgan fingerprint density at radius 3 is 2.92 bits per heavy atom. The number of aryl methyl sites for hydroxylation is 1. The molecule has 3 heterocycles. The van der Waals surface area contributed by atoms with Crippen LogP contribution in [0.5, 0.6) is 0 Å². The van der Waals surface area contributed by atoms with Gasteiger partial charge in [0.25, 0.3) is 0 Å². The SMILES string of the molecule is Cc1cccc([C@@H](NC(=O)Nc2ccnn2Cc2cccs2)C2CC2)n1. The number of amides is 2. The van der Waals surface area contributed by atoms with E-state index in [1.165, 1.54) is 4.88 Å². The molecule has 4 rings (SSSR count). The molecule has 2 N–H and O–H groups in total. The number of carbonyl (C=O) groups excluding carboxylic acids is 1. The molecule has 1 atom stereocenters. The van der Waals surface area contributed by atoms with Gasteiger partial charge in [-0.1, -0.05) is 12.1 Å². The molecule has 3 aromatic heterocycles. The Kier molecular flexibility index (Phi) is 4.71. The standard InChI is InChI=1S/C19H21N5OS/c1-13-4-2-6-16(21-13)18(14-7-8-14)23-19(25)22-17-9-10-20-24(17)12-15-5-3-11-26-15/h2-6,9-11,14,18H,7-8,12H2,1H3,(H2,22,23,25)/t18-/m0/s1. The van der Waals surface area contributed by atoms with Gasteiger partial charge in [-0.15, -0.1) is 11.3 Å². The van der Waals surface area contributed by atoms with E-state index < -0.39 is 0 Å². The van der Waals surface area contributed by atoms with Crippen molar-refractivity contribution in [2.45, 2.75) is 32.4 Å². The predicted octanol–water partition coefficient (Wildman–Crippen LogP) is 3.97. The normalized spacial score (nSPS) is 14.8. The van der Waals surface area contributed by atoms with Crippen molar-refractivity contribution in [3.05, 3.63) is 64.2 Å². The van der Waals surface area contributed by atoms with Crippen LogP contribution in [-0.4, -0.2) is 20.8 Å². The Morgan fingerprint density at radius 2 is 2.19 bits per heavy atom. The fourth-order valence-electron chi connectivity index (χ4n) is 3.01. The van der Waals surface area contributed by atoms with Crippen molar-refractivity contribution in [2.75, 3.05) is 5.32 Å². The number of pyridine rings is 1. The lowest BCUT2D eigenvalue weighted by molar-refractivity contribution is 0.246. The van der Waals surface area contributed by atoms with E-state index >= 15 is 0 Å².